The van der Waals surface area contributed by atoms with Gasteiger partial charge in [-0.05, 0) is 19.9 Å². The molecule has 0 rings (SSSR count). The molecule has 0 aromatic rings. The number of unbranched alkanes of at least 4 members (excludes halogenated alkanes) is 1. The fraction of sp³-hybridized carbons (Fsp3) is 0.917. The van der Waals surface area contributed by atoms with Crippen LogP contribution in [0.15, 0.2) is 0 Å². The highest BCUT2D eigenvalue weighted by Crippen LogP contribution is 1.94. The molecule has 4 heteroatoms. The number of carbonyl (C=O) groups is 1. The Morgan fingerprint density at radius 2 is 2.00 bits per heavy atom. The normalized spacial score (nSPS) is 12.4. The molecule has 0 aliphatic rings. The van der Waals surface area contributed by atoms with Gasteiger partial charge < -0.3 is 14.8 Å². The molecule has 0 fully saturated rings. The van der Waals surface area contributed by atoms with Gasteiger partial charge in [-0.3, -0.25) is 4.79 Å². The highest BCUT2D eigenvalue weighted by atomic mass is 16.6. The van der Waals surface area contributed by atoms with Gasteiger partial charge in [0, 0.05) is 12.6 Å². The van der Waals surface area contributed by atoms with Crippen molar-refractivity contribution in [2.24, 2.45) is 0 Å². The first kappa shape index (κ1) is 15.4. The Kier molecular flexibility index (Phi) is 10.5. The minimum atomic E-state index is -0.160. The highest BCUT2D eigenvalue weighted by molar-refractivity contribution is 5.70. The molecule has 0 saturated carbocycles. The van der Waals surface area contributed by atoms with Gasteiger partial charge in [0.1, 0.15) is 6.61 Å². The molecule has 0 aromatic heterocycles. The van der Waals surface area contributed by atoms with Crippen molar-refractivity contribution in [1.82, 2.24) is 5.32 Å². The number of rotatable bonds is 10. The average Bonchev–Trinajstić information content (AvgIpc) is 2.23. The summed E-state index contributed by atoms with van der Waals surface area (Å²) in [5, 5.41) is 3.16. The molecule has 0 aliphatic heterocycles. The Labute approximate surface area is 98.7 Å². The van der Waals surface area contributed by atoms with Gasteiger partial charge in [0.15, 0.2) is 0 Å². The summed E-state index contributed by atoms with van der Waals surface area (Å²) in [5.74, 6) is -0.160. The van der Waals surface area contributed by atoms with E-state index >= 15 is 0 Å². The number of esters is 1. The van der Waals surface area contributed by atoms with E-state index in [4.69, 9.17) is 9.47 Å². The van der Waals surface area contributed by atoms with Gasteiger partial charge in [0.05, 0.1) is 13.0 Å². The van der Waals surface area contributed by atoms with Gasteiger partial charge in [0.2, 0.25) is 0 Å². The highest BCUT2D eigenvalue weighted by Gasteiger charge is 2.08. The minimum absolute atomic E-state index is 0.160. The topological polar surface area (TPSA) is 47.6 Å². The fourth-order valence-corrected chi connectivity index (χ4v) is 1.29. The fourth-order valence-electron chi connectivity index (χ4n) is 1.29. The van der Waals surface area contributed by atoms with Crippen molar-refractivity contribution in [2.45, 2.75) is 46.1 Å². The summed E-state index contributed by atoms with van der Waals surface area (Å²) >= 11 is 0. The number of nitrogens with one attached hydrogen (secondary N) is 1. The maximum Gasteiger partial charge on any atom is 0.307 e. The zero-order valence-electron chi connectivity index (χ0n) is 10.8. The van der Waals surface area contributed by atoms with Gasteiger partial charge in [-0.2, -0.15) is 0 Å². The molecule has 0 aliphatic carbocycles. The van der Waals surface area contributed by atoms with Crippen LogP contribution in [-0.2, 0) is 14.3 Å². The molecule has 4 nitrogen and oxygen atoms in total. The predicted molar refractivity (Wildman–Crippen MR) is 64.4 cm³/mol. The van der Waals surface area contributed by atoms with E-state index in [1.807, 2.05) is 13.8 Å². The quantitative estimate of drug-likeness (QED) is 0.459. The summed E-state index contributed by atoms with van der Waals surface area (Å²) in [5.41, 5.74) is 0. The van der Waals surface area contributed by atoms with E-state index in [1.165, 1.54) is 0 Å². The third kappa shape index (κ3) is 9.93. The molecule has 1 atom stereocenters. The second-order valence-corrected chi connectivity index (χ2v) is 3.85. The third-order valence-corrected chi connectivity index (χ3v) is 2.16. The largest absolute Gasteiger partial charge is 0.463 e. The minimum Gasteiger partial charge on any atom is -0.463 e. The Balaban J connectivity index is 3.30. The van der Waals surface area contributed by atoms with Gasteiger partial charge in [0.25, 0.3) is 0 Å². The summed E-state index contributed by atoms with van der Waals surface area (Å²) in [4.78, 5) is 11.3. The van der Waals surface area contributed by atoms with Gasteiger partial charge in [-0.1, -0.05) is 20.3 Å². The molecule has 1 N–H and O–H groups in total. The number of carbonyl (C=O) groups excluding carboxylic acids is 1. The molecule has 1 unspecified atom stereocenters. The van der Waals surface area contributed by atoms with Gasteiger partial charge >= 0.3 is 5.97 Å². The van der Waals surface area contributed by atoms with Crippen LogP contribution in [0, 0.1) is 0 Å². The van der Waals surface area contributed by atoms with Crippen LogP contribution in [0.2, 0.25) is 0 Å². The van der Waals surface area contributed by atoms with Gasteiger partial charge in [-0.25, -0.2) is 0 Å². The molecule has 16 heavy (non-hydrogen) atoms. The molecular weight excluding hydrogens is 206 g/mol. The van der Waals surface area contributed by atoms with Crippen molar-refractivity contribution in [1.29, 1.82) is 0 Å². The zero-order valence-corrected chi connectivity index (χ0v) is 10.8. The number of ether oxygens (including phenoxy) is 2. The Hall–Kier alpha value is -0.610. The van der Waals surface area contributed by atoms with Crippen LogP contribution in [-0.4, -0.2) is 38.4 Å². The van der Waals surface area contributed by atoms with Crippen LogP contribution >= 0.6 is 0 Å². The van der Waals surface area contributed by atoms with E-state index in [-0.39, 0.29) is 12.0 Å². The summed E-state index contributed by atoms with van der Waals surface area (Å²) < 4.78 is 10.3. The molecule has 96 valence electrons. The summed E-state index contributed by atoms with van der Waals surface area (Å²) in [6.07, 6.45) is 2.61. The Morgan fingerprint density at radius 3 is 2.62 bits per heavy atom. The molecule has 0 saturated heterocycles. The van der Waals surface area contributed by atoms with E-state index in [1.54, 1.807) is 0 Å². The van der Waals surface area contributed by atoms with Crippen molar-refractivity contribution in [3.8, 4) is 0 Å². The Morgan fingerprint density at radius 1 is 1.25 bits per heavy atom. The van der Waals surface area contributed by atoms with Crippen LogP contribution in [0.4, 0.5) is 0 Å². The monoisotopic (exact) mass is 231 g/mol. The smallest absolute Gasteiger partial charge is 0.307 e. The van der Waals surface area contributed by atoms with Crippen LogP contribution in [0.5, 0.6) is 0 Å². The molecule has 0 amide bonds. The van der Waals surface area contributed by atoms with Gasteiger partial charge in [-0.15, -0.1) is 0 Å². The van der Waals surface area contributed by atoms with Crippen LogP contribution in [0.3, 0.4) is 0 Å². The molecular formula is C12H25NO3. The van der Waals surface area contributed by atoms with Crippen LogP contribution in [0.25, 0.3) is 0 Å². The average molecular weight is 231 g/mol. The molecule has 0 radical (unpaired) electrons. The lowest BCUT2D eigenvalue weighted by Gasteiger charge is -2.11. The second-order valence-electron chi connectivity index (χ2n) is 3.85. The summed E-state index contributed by atoms with van der Waals surface area (Å²) in [6, 6.07) is 0.179. The molecule has 0 bridgehead atoms. The van der Waals surface area contributed by atoms with Crippen LogP contribution < -0.4 is 5.32 Å². The third-order valence-electron chi connectivity index (χ3n) is 2.16. The SMILES string of the molecule is CCCCOCCOC(=O)CC(C)NCC. The lowest BCUT2D eigenvalue weighted by molar-refractivity contribution is -0.145. The summed E-state index contributed by atoms with van der Waals surface area (Å²) in [7, 11) is 0. The zero-order chi connectivity index (χ0) is 12.2. The number of hydrogen-bond donors (Lipinski definition) is 1. The second kappa shape index (κ2) is 10.9. The van der Waals surface area contributed by atoms with Crippen molar-refractivity contribution in [2.75, 3.05) is 26.4 Å². The van der Waals surface area contributed by atoms with Crippen molar-refractivity contribution in [3.05, 3.63) is 0 Å². The summed E-state index contributed by atoms with van der Waals surface area (Å²) in [6.45, 7) is 8.59. The maximum absolute atomic E-state index is 11.3. The first-order valence-corrected chi connectivity index (χ1v) is 6.17. The van der Waals surface area contributed by atoms with E-state index in [2.05, 4.69) is 12.2 Å². The lowest BCUT2D eigenvalue weighted by atomic mass is 10.2. The maximum atomic E-state index is 11.3. The van der Waals surface area contributed by atoms with Crippen molar-refractivity contribution >= 4 is 5.97 Å². The molecule has 0 heterocycles. The van der Waals surface area contributed by atoms with Crippen molar-refractivity contribution < 1.29 is 14.3 Å². The standard InChI is InChI=1S/C12H25NO3/c1-4-6-7-15-8-9-16-12(14)10-11(3)13-5-2/h11,13H,4-10H2,1-3H3. The van der Waals surface area contributed by atoms with Crippen molar-refractivity contribution in [3.63, 3.8) is 0 Å². The Bertz CT molecular complexity index is 174. The lowest BCUT2D eigenvalue weighted by Crippen LogP contribution is -2.29. The number of hydrogen-bond acceptors (Lipinski definition) is 4. The predicted octanol–water partition coefficient (Wildman–Crippen LogP) is 1.73. The van der Waals surface area contributed by atoms with E-state index in [0.717, 1.165) is 26.0 Å². The first-order chi connectivity index (χ1) is 7.70. The van der Waals surface area contributed by atoms with E-state index in [0.29, 0.717) is 19.6 Å². The van der Waals surface area contributed by atoms with E-state index in [9.17, 15) is 4.79 Å². The first-order valence-electron chi connectivity index (χ1n) is 6.17. The van der Waals surface area contributed by atoms with Crippen LogP contribution in [0.1, 0.15) is 40.0 Å². The molecule has 0 spiro atoms. The molecule has 0 aromatic carbocycles. The van der Waals surface area contributed by atoms with E-state index < -0.39 is 0 Å².